The van der Waals surface area contributed by atoms with E-state index in [1.54, 1.807) is 24.6 Å². The lowest BCUT2D eigenvalue weighted by atomic mass is 9.79. The van der Waals surface area contributed by atoms with E-state index >= 15 is 0 Å². The lowest BCUT2D eigenvalue weighted by Gasteiger charge is -2.48. The van der Waals surface area contributed by atoms with Gasteiger partial charge in [-0.25, -0.2) is 4.68 Å². The Hall–Kier alpha value is -2.45. The maximum absolute atomic E-state index is 5.66. The molecule has 3 aromatic rings. The summed E-state index contributed by atoms with van der Waals surface area (Å²) in [6.45, 7) is 9.08. The van der Waals surface area contributed by atoms with Gasteiger partial charge < -0.3 is 15.0 Å². The molecular formula is C22H30N6OS. The minimum Gasteiger partial charge on any atom is -0.496 e. The summed E-state index contributed by atoms with van der Waals surface area (Å²) in [5, 5.41) is 18.8. The molecule has 0 unspecified atom stereocenters. The van der Waals surface area contributed by atoms with Crippen LogP contribution < -0.4 is 15.0 Å². The normalized spacial score (nSPS) is 18.3. The Bertz CT molecular complexity index is 995. The van der Waals surface area contributed by atoms with Gasteiger partial charge in [0.2, 0.25) is 5.13 Å². The first-order valence-electron chi connectivity index (χ1n) is 10.2. The number of aromatic nitrogens is 4. The molecule has 160 valence electrons. The molecule has 0 amide bonds. The molecule has 0 bridgehead atoms. The van der Waals surface area contributed by atoms with Gasteiger partial charge >= 0.3 is 0 Å². The zero-order valence-electron chi connectivity index (χ0n) is 18.5. The second-order valence-electron chi connectivity index (χ2n) is 9.29. The monoisotopic (exact) mass is 426 g/mol. The molecule has 4 rings (SSSR count). The lowest BCUT2D eigenvalue weighted by Crippen LogP contribution is -2.61. The van der Waals surface area contributed by atoms with Crippen molar-refractivity contribution >= 4 is 16.5 Å². The van der Waals surface area contributed by atoms with Crippen LogP contribution in [0.1, 0.15) is 40.5 Å². The highest BCUT2D eigenvalue weighted by Gasteiger charge is 2.39. The predicted octanol–water partition coefficient (Wildman–Crippen LogP) is 4.14. The van der Waals surface area contributed by atoms with Gasteiger partial charge in [-0.05, 0) is 58.7 Å². The van der Waals surface area contributed by atoms with E-state index in [9.17, 15) is 0 Å². The molecule has 1 aliphatic rings. The molecule has 0 saturated carbocycles. The fourth-order valence-corrected chi connectivity index (χ4v) is 5.49. The number of rotatable bonds is 5. The largest absolute Gasteiger partial charge is 0.496 e. The van der Waals surface area contributed by atoms with Gasteiger partial charge in [0.15, 0.2) is 5.01 Å². The van der Waals surface area contributed by atoms with Crippen LogP contribution in [0.5, 0.6) is 5.75 Å². The minimum atomic E-state index is 0.0831. The van der Waals surface area contributed by atoms with Crippen molar-refractivity contribution in [3.8, 4) is 22.0 Å². The van der Waals surface area contributed by atoms with E-state index in [1.807, 2.05) is 35.1 Å². The molecule has 0 atom stereocenters. The Morgan fingerprint density at radius 1 is 1.17 bits per heavy atom. The van der Waals surface area contributed by atoms with Crippen molar-refractivity contribution in [1.82, 2.24) is 25.3 Å². The number of anilines is 1. The topological polar surface area (TPSA) is 68.1 Å². The highest BCUT2D eigenvalue weighted by molar-refractivity contribution is 7.18. The van der Waals surface area contributed by atoms with Crippen LogP contribution in [-0.2, 0) is 0 Å². The Morgan fingerprint density at radius 2 is 1.90 bits per heavy atom. The van der Waals surface area contributed by atoms with E-state index in [0.717, 1.165) is 40.0 Å². The van der Waals surface area contributed by atoms with Crippen molar-refractivity contribution in [1.29, 1.82) is 0 Å². The SMILES string of the molecule is COc1cc(-n2cccn2)ccc1-c1nnc(N(C)C2CC(C)(C)NC(C)(C)C2)s1. The number of nitrogens with zero attached hydrogens (tertiary/aromatic N) is 5. The predicted molar refractivity (Wildman–Crippen MR) is 122 cm³/mol. The second kappa shape index (κ2) is 7.67. The highest BCUT2D eigenvalue weighted by atomic mass is 32.1. The number of nitrogens with one attached hydrogen (secondary N) is 1. The van der Waals surface area contributed by atoms with Crippen LogP contribution in [0, 0.1) is 0 Å². The van der Waals surface area contributed by atoms with Gasteiger partial charge in [-0.15, -0.1) is 10.2 Å². The van der Waals surface area contributed by atoms with E-state index in [2.05, 4.69) is 60.3 Å². The number of hydrogen-bond donors (Lipinski definition) is 1. The van der Waals surface area contributed by atoms with Gasteiger partial charge in [0.05, 0.1) is 18.4 Å². The van der Waals surface area contributed by atoms with E-state index in [-0.39, 0.29) is 11.1 Å². The fourth-order valence-electron chi connectivity index (χ4n) is 4.59. The first kappa shape index (κ1) is 20.8. The van der Waals surface area contributed by atoms with Crippen molar-refractivity contribution in [2.75, 3.05) is 19.1 Å². The van der Waals surface area contributed by atoms with Crippen molar-refractivity contribution in [2.24, 2.45) is 0 Å². The van der Waals surface area contributed by atoms with E-state index in [4.69, 9.17) is 4.74 Å². The van der Waals surface area contributed by atoms with Crippen LogP contribution in [0.3, 0.4) is 0 Å². The molecule has 1 N–H and O–H groups in total. The molecule has 1 saturated heterocycles. The highest BCUT2D eigenvalue weighted by Crippen LogP contribution is 2.38. The zero-order chi connectivity index (χ0) is 21.5. The minimum absolute atomic E-state index is 0.0831. The van der Waals surface area contributed by atoms with Crippen molar-refractivity contribution < 1.29 is 4.74 Å². The molecule has 0 radical (unpaired) electrons. The third-order valence-electron chi connectivity index (χ3n) is 5.62. The molecule has 1 aliphatic heterocycles. The van der Waals surface area contributed by atoms with Crippen LogP contribution in [-0.4, -0.2) is 51.3 Å². The van der Waals surface area contributed by atoms with Crippen molar-refractivity contribution in [3.63, 3.8) is 0 Å². The Balaban J connectivity index is 1.59. The van der Waals surface area contributed by atoms with Crippen molar-refractivity contribution in [2.45, 2.75) is 57.7 Å². The first-order chi connectivity index (χ1) is 14.2. The van der Waals surface area contributed by atoms with Gasteiger partial charge in [-0.2, -0.15) is 5.10 Å². The smallest absolute Gasteiger partial charge is 0.208 e. The van der Waals surface area contributed by atoms with Gasteiger partial charge in [0, 0.05) is 42.6 Å². The Kier molecular flexibility index (Phi) is 5.32. The van der Waals surface area contributed by atoms with Crippen LogP contribution >= 0.6 is 11.3 Å². The summed E-state index contributed by atoms with van der Waals surface area (Å²) < 4.78 is 7.47. The first-order valence-corrected chi connectivity index (χ1v) is 11.0. The number of piperidine rings is 1. The molecule has 1 aromatic carbocycles. The fraction of sp³-hybridized carbons (Fsp3) is 0.500. The number of benzene rings is 1. The second-order valence-corrected chi connectivity index (χ2v) is 10.2. The van der Waals surface area contributed by atoms with Gasteiger partial charge in [-0.3, -0.25) is 0 Å². The summed E-state index contributed by atoms with van der Waals surface area (Å²) in [5.74, 6) is 0.762. The lowest BCUT2D eigenvalue weighted by molar-refractivity contribution is 0.161. The molecule has 0 spiro atoms. The third-order valence-corrected chi connectivity index (χ3v) is 6.66. The average molecular weight is 427 g/mol. The summed E-state index contributed by atoms with van der Waals surface area (Å²) in [5.41, 5.74) is 2.05. The van der Waals surface area contributed by atoms with Crippen molar-refractivity contribution in [3.05, 3.63) is 36.7 Å². The summed E-state index contributed by atoms with van der Waals surface area (Å²) in [4.78, 5) is 2.29. The standard InChI is InChI=1S/C22H30N6OS/c1-21(2)13-16(14-22(3,4)26-21)27(5)20-25-24-19(30-20)17-9-8-15(12-18(17)29-6)28-11-7-10-23-28/h7-12,16,26H,13-14H2,1-6H3. The zero-order valence-corrected chi connectivity index (χ0v) is 19.3. The maximum Gasteiger partial charge on any atom is 0.208 e. The molecule has 3 heterocycles. The Morgan fingerprint density at radius 3 is 2.53 bits per heavy atom. The average Bonchev–Trinajstić information content (AvgIpc) is 3.36. The molecule has 30 heavy (non-hydrogen) atoms. The molecule has 8 heteroatoms. The maximum atomic E-state index is 5.66. The number of methoxy groups -OCH3 is 1. The van der Waals surface area contributed by atoms with Gasteiger partial charge in [0.1, 0.15) is 5.75 Å². The van der Waals surface area contributed by atoms with E-state index in [1.165, 1.54) is 0 Å². The summed E-state index contributed by atoms with van der Waals surface area (Å²) in [7, 11) is 3.81. The van der Waals surface area contributed by atoms with Crippen LogP contribution in [0.4, 0.5) is 5.13 Å². The number of ether oxygens (including phenoxy) is 1. The van der Waals surface area contributed by atoms with Crippen LogP contribution in [0.2, 0.25) is 0 Å². The molecule has 2 aromatic heterocycles. The molecule has 1 fully saturated rings. The number of hydrogen-bond acceptors (Lipinski definition) is 7. The quantitative estimate of drug-likeness (QED) is 0.661. The van der Waals surface area contributed by atoms with Crippen LogP contribution in [0.25, 0.3) is 16.3 Å². The summed E-state index contributed by atoms with van der Waals surface area (Å²) in [6.07, 6.45) is 5.79. The molecular weight excluding hydrogens is 396 g/mol. The molecule has 0 aliphatic carbocycles. The summed E-state index contributed by atoms with van der Waals surface area (Å²) >= 11 is 1.60. The Labute approximate surface area is 182 Å². The molecule has 7 nitrogen and oxygen atoms in total. The van der Waals surface area contributed by atoms with E-state index < -0.39 is 0 Å². The van der Waals surface area contributed by atoms with E-state index in [0.29, 0.717) is 6.04 Å². The summed E-state index contributed by atoms with van der Waals surface area (Å²) in [6, 6.07) is 8.33. The van der Waals surface area contributed by atoms with Gasteiger partial charge in [0.25, 0.3) is 0 Å². The van der Waals surface area contributed by atoms with Gasteiger partial charge in [-0.1, -0.05) is 11.3 Å². The third kappa shape index (κ3) is 4.20. The van der Waals surface area contributed by atoms with Crippen LogP contribution in [0.15, 0.2) is 36.7 Å².